The lowest BCUT2D eigenvalue weighted by Gasteiger charge is -2.33. The Kier molecular flexibility index (Phi) is 7.06. The number of fused-ring (bicyclic) bond motifs is 1. The Morgan fingerprint density at radius 2 is 1.92 bits per heavy atom. The molecular weight excluding hydrogens is 488 g/mol. The molecule has 0 aliphatic carbocycles. The molecule has 0 spiro atoms. The standard InChI is InChI=1S/C26H34N8O4/c1-26(2,3)30-24(35)29-20-15-17-19(16-27-20)34(22-9-4-5-14-38-22)31-23(17)18-7-6-8-21(28-18)32-10-12-33(13-11-32)25(36)37/h6-8,15-16,22H,4-5,9-14H2,1-3H3,(H,36,37)(H2,27,29,30,35). The van der Waals surface area contributed by atoms with Gasteiger partial charge in [0.15, 0.2) is 6.23 Å². The van der Waals surface area contributed by atoms with Gasteiger partial charge in [0.2, 0.25) is 0 Å². The highest BCUT2D eigenvalue weighted by molar-refractivity contribution is 5.96. The molecule has 5 heterocycles. The number of amides is 3. The summed E-state index contributed by atoms with van der Waals surface area (Å²) >= 11 is 0. The number of hydrogen-bond acceptors (Lipinski definition) is 7. The van der Waals surface area contributed by atoms with Gasteiger partial charge in [0.05, 0.1) is 17.4 Å². The number of aromatic nitrogens is 4. The fourth-order valence-electron chi connectivity index (χ4n) is 4.78. The van der Waals surface area contributed by atoms with Crippen molar-refractivity contribution in [2.24, 2.45) is 0 Å². The second kappa shape index (κ2) is 10.4. The van der Waals surface area contributed by atoms with Gasteiger partial charge in [-0.2, -0.15) is 5.10 Å². The van der Waals surface area contributed by atoms with Gasteiger partial charge in [-0.1, -0.05) is 6.07 Å². The van der Waals surface area contributed by atoms with Crippen molar-refractivity contribution >= 4 is 34.7 Å². The minimum absolute atomic E-state index is 0.197. The van der Waals surface area contributed by atoms with Crippen molar-refractivity contribution in [2.75, 3.05) is 43.0 Å². The quantitative estimate of drug-likeness (QED) is 0.469. The molecule has 3 N–H and O–H groups in total. The summed E-state index contributed by atoms with van der Waals surface area (Å²) in [4.78, 5) is 36.7. The molecule has 3 aromatic rings. The Hall–Kier alpha value is -3.93. The molecular formula is C26H34N8O4. The van der Waals surface area contributed by atoms with Gasteiger partial charge in [-0.15, -0.1) is 0 Å². The lowest BCUT2D eigenvalue weighted by Crippen LogP contribution is -2.48. The predicted octanol–water partition coefficient (Wildman–Crippen LogP) is 3.91. The van der Waals surface area contributed by atoms with E-state index in [0.29, 0.717) is 50.0 Å². The first kappa shape index (κ1) is 25.7. The smallest absolute Gasteiger partial charge is 0.407 e. The van der Waals surface area contributed by atoms with Crippen LogP contribution in [-0.4, -0.2) is 80.2 Å². The first-order chi connectivity index (χ1) is 18.2. The van der Waals surface area contributed by atoms with E-state index < -0.39 is 6.09 Å². The molecule has 2 saturated heterocycles. The van der Waals surface area contributed by atoms with Gasteiger partial charge in [0, 0.05) is 43.7 Å². The maximum absolute atomic E-state index is 12.5. The van der Waals surface area contributed by atoms with Crippen LogP contribution >= 0.6 is 0 Å². The van der Waals surface area contributed by atoms with Crippen LogP contribution in [0, 0.1) is 0 Å². The monoisotopic (exact) mass is 522 g/mol. The average molecular weight is 523 g/mol. The first-order valence-electron chi connectivity index (χ1n) is 13.0. The van der Waals surface area contributed by atoms with Crippen LogP contribution in [0.5, 0.6) is 0 Å². The molecule has 12 heteroatoms. The van der Waals surface area contributed by atoms with E-state index >= 15 is 0 Å². The molecule has 2 fully saturated rings. The van der Waals surface area contributed by atoms with E-state index in [1.807, 2.05) is 49.7 Å². The normalized spacial score (nSPS) is 18.4. The second-order valence-electron chi connectivity index (χ2n) is 10.7. The van der Waals surface area contributed by atoms with Crippen molar-refractivity contribution in [3.8, 4) is 11.4 Å². The Morgan fingerprint density at radius 1 is 1.13 bits per heavy atom. The zero-order valence-electron chi connectivity index (χ0n) is 22.0. The van der Waals surface area contributed by atoms with E-state index in [1.165, 1.54) is 4.90 Å². The van der Waals surface area contributed by atoms with Gasteiger partial charge in [-0.05, 0) is 58.2 Å². The predicted molar refractivity (Wildman–Crippen MR) is 143 cm³/mol. The largest absolute Gasteiger partial charge is 0.465 e. The van der Waals surface area contributed by atoms with Crippen molar-refractivity contribution in [2.45, 2.75) is 51.8 Å². The molecule has 3 aromatic heterocycles. The Bertz CT molecular complexity index is 1320. The minimum atomic E-state index is -0.900. The van der Waals surface area contributed by atoms with Crippen molar-refractivity contribution < 1.29 is 19.4 Å². The number of nitrogens with zero attached hydrogens (tertiary/aromatic N) is 6. The lowest BCUT2D eigenvalue weighted by atomic mass is 10.1. The lowest BCUT2D eigenvalue weighted by molar-refractivity contribution is -0.0365. The molecule has 1 unspecified atom stereocenters. The third-order valence-electron chi connectivity index (χ3n) is 6.60. The molecule has 0 radical (unpaired) electrons. The van der Waals surface area contributed by atoms with Gasteiger partial charge in [-0.3, -0.25) is 5.32 Å². The number of carboxylic acid groups (broad SMARTS) is 1. The number of piperazine rings is 1. The first-order valence-corrected chi connectivity index (χ1v) is 13.0. The minimum Gasteiger partial charge on any atom is -0.465 e. The average Bonchev–Trinajstić information content (AvgIpc) is 3.27. The molecule has 38 heavy (non-hydrogen) atoms. The van der Waals surface area contributed by atoms with Crippen LogP contribution in [-0.2, 0) is 4.74 Å². The Morgan fingerprint density at radius 3 is 2.61 bits per heavy atom. The van der Waals surface area contributed by atoms with Crippen molar-refractivity contribution in [3.63, 3.8) is 0 Å². The van der Waals surface area contributed by atoms with Crippen LogP contribution in [0.1, 0.15) is 46.3 Å². The van der Waals surface area contributed by atoms with Gasteiger partial charge < -0.3 is 25.0 Å². The van der Waals surface area contributed by atoms with E-state index in [9.17, 15) is 14.7 Å². The molecule has 0 saturated carbocycles. The van der Waals surface area contributed by atoms with Crippen LogP contribution in [0.2, 0.25) is 0 Å². The molecule has 12 nitrogen and oxygen atoms in total. The number of ether oxygens (including phenoxy) is 1. The van der Waals surface area contributed by atoms with Crippen molar-refractivity contribution in [3.05, 3.63) is 30.5 Å². The zero-order chi connectivity index (χ0) is 26.9. The fourth-order valence-corrected chi connectivity index (χ4v) is 4.78. The summed E-state index contributed by atoms with van der Waals surface area (Å²) in [5, 5.41) is 20.7. The van der Waals surface area contributed by atoms with E-state index in [0.717, 1.165) is 36.0 Å². The van der Waals surface area contributed by atoms with Gasteiger partial charge in [0.25, 0.3) is 0 Å². The summed E-state index contributed by atoms with van der Waals surface area (Å²) in [7, 11) is 0. The van der Waals surface area contributed by atoms with Crippen LogP contribution < -0.4 is 15.5 Å². The van der Waals surface area contributed by atoms with E-state index in [-0.39, 0.29) is 17.8 Å². The molecule has 202 valence electrons. The maximum Gasteiger partial charge on any atom is 0.407 e. The molecule has 1 atom stereocenters. The van der Waals surface area contributed by atoms with Gasteiger partial charge in [0.1, 0.15) is 17.3 Å². The Balaban J connectivity index is 1.49. The summed E-state index contributed by atoms with van der Waals surface area (Å²) < 4.78 is 7.90. The fraction of sp³-hybridized carbons (Fsp3) is 0.500. The van der Waals surface area contributed by atoms with Gasteiger partial charge >= 0.3 is 12.1 Å². The molecule has 3 amide bonds. The molecule has 0 bridgehead atoms. The van der Waals surface area contributed by atoms with Crippen LogP contribution in [0.15, 0.2) is 30.5 Å². The molecule has 2 aliphatic heterocycles. The summed E-state index contributed by atoms with van der Waals surface area (Å²) in [6.07, 6.45) is 3.55. The number of anilines is 2. The van der Waals surface area contributed by atoms with Crippen molar-refractivity contribution in [1.29, 1.82) is 0 Å². The maximum atomic E-state index is 12.5. The number of nitrogens with one attached hydrogen (secondary N) is 2. The van der Waals surface area contributed by atoms with Crippen molar-refractivity contribution in [1.82, 2.24) is 30.0 Å². The van der Waals surface area contributed by atoms with E-state index in [2.05, 4.69) is 20.5 Å². The number of carbonyl (C=O) groups is 2. The number of carbonyl (C=O) groups excluding carboxylic acids is 1. The third kappa shape index (κ3) is 5.64. The molecule has 0 aromatic carbocycles. The highest BCUT2D eigenvalue weighted by atomic mass is 16.5. The van der Waals surface area contributed by atoms with E-state index in [1.54, 1.807) is 6.20 Å². The summed E-state index contributed by atoms with van der Waals surface area (Å²) in [6.45, 7) is 8.40. The highest BCUT2D eigenvalue weighted by Crippen LogP contribution is 2.33. The number of rotatable bonds is 4. The Labute approximate surface area is 221 Å². The number of pyridine rings is 2. The topological polar surface area (TPSA) is 138 Å². The van der Waals surface area contributed by atoms with Crippen LogP contribution in [0.25, 0.3) is 22.3 Å². The van der Waals surface area contributed by atoms with Gasteiger partial charge in [-0.25, -0.2) is 24.2 Å². The number of urea groups is 1. The third-order valence-corrected chi connectivity index (χ3v) is 6.60. The van der Waals surface area contributed by atoms with Crippen LogP contribution in [0.3, 0.4) is 0 Å². The SMILES string of the molecule is CC(C)(C)NC(=O)Nc1cc2c(-c3cccc(N4CCN(C(=O)O)CC4)n3)nn(C3CCCCO3)c2cn1. The summed E-state index contributed by atoms with van der Waals surface area (Å²) in [6, 6.07) is 7.24. The molecule has 5 rings (SSSR count). The summed E-state index contributed by atoms with van der Waals surface area (Å²) in [5.74, 6) is 1.17. The second-order valence-corrected chi connectivity index (χ2v) is 10.7. The van der Waals surface area contributed by atoms with Crippen LogP contribution in [0.4, 0.5) is 21.2 Å². The highest BCUT2D eigenvalue weighted by Gasteiger charge is 2.25. The van der Waals surface area contributed by atoms with E-state index in [4.69, 9.17) is 14.8 Å². The zero-order valence-corrected chi connectivity index (χ0v) is 22.0. The number of hydrogen-bond donors (Lipinski definition) is 3. The summed E-state index contributed by atoms with van der Waals surface area (Å²) in [5.41, 5.74) is 1.76. The molecule has 2 aliphatic rings.